The summed E-state index contributed by atoms with van der Waals surface area (Å²) >= 11 is 0. The third-order valence-electron chi connectivity index (χ3n) is 4.66. The van der Waals surface area contributed by atoms with E-state index in [4.69, 9.17) is 0 Å². The number of piperazine rings is 1. The molecule has 0 aromatic heterocycles. The molecule has 0 unspecified atom stereocenters. The summed E-state index contributed by atoms with van der Waals surface area (Å²) in [4.78, 5) is 1.83. The highest BCUT2D eigenvalue weighted by molar-refractivity contribution is 7.89. The molecule has 4 nitrogen and oxygen atoms in total. The van der Waals surface area contributed by atoms with Gasteiger partial charge in [0.2, 0.25) is 10.0 Å². The van der Waals surface area contributed by atoms with E-state index in [-0.39, 0.29) is 0 Å². The number of hydrogen-bond acceptors (Lipinski definition) is 2. The van der Waals surface area contributed by atoms with Gasteiger partial charge in [0.05, 0.1) is 31.1 Å². The van der Waals surface area contributed by atoms with Crippen molar-refractivity contribution in [2.24, 2.45) is 0 Å². The second-order valence-corrected chi connectivity index (χ2v) is 7.95. The molecule has 1 saturated heterocycles. The Labute approximate surface area is 138 Å². The topological polar surface area (TPSA) is 41.8 Å². The highest BCUT2D eigenvalue weighted by Crippen LogP contribution is 2.15. The van der Waals surface area contributed by atoms with Gasteiger partial charge >= 0.3 is 0 Å². The molecule has 1 N–H and O–H groups in total. The maximum Gasteiger partial charge on any atom is 0.243 e. The summed E-state index contributed by atoms with van der Waals surface area (Å²) in [5, 5.41) is 0. The molecule has 0 bridgehead atoms. The minimum Gasteiger partial charge on any atom is -0.327 e. The minimum absolute atomic E-state index is 0.387. The van der Waals surface area contributed by atoms with Crippen molar-refractivity contribution in [2.75, 3.05) is 26.2 Å². The molecule has 1 heterocycles. The van der Waals surface area contributed by atoms with Crippen LogP contribution in [-0.4, -0.2) is 38.9 Å². The van der Waals surface area contributed by atoms with Crippen molar-refractivity contribution < 1.29 is 13.3 Å². The summed E-state index contributed by atoms with van der Waals surface area (Å²) in [6, 6.07) is 19.5. The Hall–Kier alpha value is -1.69. The summed E-state index contributed by atoms with van der Waals surface area (Å²) < 4.78 is 26.9. The zero-order chi connectivity index (χ0) is 16.3. The van der Waals surface area contributed by atoms with Crippen LogP contribution in [0.15, 0.2) is 65.6 Å². The molecule has 0 saturated carbocycles. The lowest BCUT2D eigenvalue weighted by Gasteiger charge is -2.34. The van der Waals surface area contributed by atoms with Crippen LogP contribution in [0.25, 0.3) is 0 Å². The average Bonchev–Trinajstić information content (AvgIpc) is 2.63. The van der Waals surface area contributed by atoms with Crippen LogP contribution in [0.5, 0.6) is 0 Å². The van der Waals surface area contributed by atoms with Gasteiger partial charge in [0.25, 0.3) is 0 Å². The Morgan fingerprint density at radius 3 is 2.00 bits per heavy atom. The van der Waals surface area contributed by atoms with Gasteiger partial charge < -0.3 is 4.90 Å². The average molecular weight is 331 g/mol. The third kappa shape index (κ3) is 3.47. The molecule has 23 heavy (non-hydrogen) atoms. The van der Waals surface area contributed by atoms with Gasteiger partial charge in [-0.1, -0.05) is 48.5 Å². The first-order chi connectivity index (χ1) is 11.1. The molecule has 122 valence electrons. The van der Waals surface area contributed by atoms with Crippen LogP contribution >= 0.6 is 0 Å². The molecule has 1 fully saturated rings. The SMILES string of the molecule is C[C@@H](c1ccccc1)[NH+]1CCN(S(=O)(=O)c2ccccc2)CC1. The number of nitrogens with zero attached hydrogens (tertiary/aromatic N) is 1. The molecule has 1 atom stereocenters. The monoisotopic (exact) mass is 331 g/mol. The fourth-order valence-corrected chi connectivity index (χ4v) is 4.63. The van der Waals surface area contributed by atoms with E-state index < -0.39 is 10.0 Å². The second kappa shape index (κ2) is 6.83. The largest absolute Gasteiger partial charge is 0.327 e. The summed E-state index contributed by atoms with van der Waals surface area (Å²) in [5.41, 5.74) is 1.31. The fourth-order valence-electron chi connectivity index (χ4n) is 3.17. The van der Waals surface area contributed by atoms with Gasteiger partial charge in [-0.15, -0.1) is 0 Å². The van der Waals surface area contributed by atoms with Crippen LogP contribution in [0.4, 0.5) is 0 Å². The van der Waals surface area contributed by atoms with Gasteiger partial charge in [0.1, 0.15) is 6.04 Å². The number of quaternary nitrogens is 1. The molecule has 1 aliphatic rings. The Balaban J connectivity index is 1.67. The predicted octanol–water partition coefficient (Wildman–Crippen LogP) is 1.34. The van der Waals surface area contributed by atoms with Gasteiger partial charge in [0, 0.05) is 5.56 Å². The van der Waals surface area contributed by atoms with E-state index in [2.05, 4.69) is 31.2 Å². The van der Waals surface area contributed by atoms with Crippen molar-refractivity contribution in [1.29, 1.82) is 0 Å². The number of nitrogens with one attached hydrogen (secondary N) is 1. The van der Waals surface area contributed by atoms with Crippen molar-refractivity contribution in [3.8, 4) is 0 Å². The number of sulfonamides is 1. The Kier molecular flexibility index (Phi) is 4.80. The highest BCUT2D eigenvalue weighted by atomic mass is 32.2. The smallest absolute Gasteiger partial charge is 0.243 e. The fraction of sp³-hybridized carbons (Fsp3) is 0.333. The Morgan fingerprint density at radius 1 is 0.913 bits per heavy atom. The predicted molar refractivity (Wildman–Crippen MR) is 90.8 cm³/mol. The number of benzene rings is 2. The van der Waals surface area contributed by atoms with E-state index in [1.54, 1.807) is 28.6 Å². The lowest BCUT2D eigenvalue weighted by molar-refractivity contribution is -0.933. The van der Waals surface area contributed by atoms with Gasteiger partial charge in [-0.3, -0.25) is 0 Å². The first kappa shape index (κ1) is 16.2. The van der Waals surface area contributed by atoms with E-state index in [9.17, 15) is 8.42 Å². The van der Waals surface area contributed by atoms with Crippen molar-refractivity contribution in [1.82, 2.24) is 4.31 Å². The molecule has 3 rings (SSSR count). The third-order valence-corrected chi connectivity index (χ3v) is 6.57. The molecule has 2 aromatic rings. The van der Waals surface area contributed by atoms with Crippen LogP contribution in [0.2, 0.25) is 0 Å². The maximum atomic E-state index is 12.7. The Bertz CT molecular complexity index is 724. The summed E-state index contributed by atoms with van der Waals surface area (Å²) in [5.74, 6) is 0. The molecule has 0 spiro atoms. The number of rotatable bonds is 4. The van der Waals surface area contributed by atoms with Crippen LogP contribution in [0.3, 0.4) is 0 Å². The van der Waals surface area contributed by atoms with Crippen LogP contribution in [-0.2, 0) is 10.0 Å². The van der Waals surface area contributed by atoms with E-state index in [0.717, 1.165) is 13.1 Å². The van der Waals surface area contributed by atoms with Crippen molar-refractivity contribution in [3.63, 3.8) is 0 Å². The zero-order valence-electron chi connectivity index (χ0n) is 13.4. The first-order valence-corrected chi connectivity index (χ1v) is 9.48. The van der Waals surface area contributed by atoms with Crippen molar-refractivity contribution >= 4 is 10.0 Å². The first-order valence-electron chi connectivity index (χ1n) is 8.04. The molecular formula is C18H23N2O2S+. The Morgan fingerprint density at radius 2 is 1.43 bits per heavy atom. The summed E-state index contributed by atoms with van der Waals surface area (Å²) in [7, 11) is -3.36. The van der Waals surface area contributed by atoms with E-state index in [1.807, 2.05) is 12.1 Å². The van der Waals surface area contributed by atoms with Gasteiger partial charge in [-0.2, -0.15) is 4.31 Å². The van der Waals surface area contributed by atoms with Crippen LogP contribution in [0, 0.1) is 0 Å². The van der Waals surface area contributed by atoms with Gasteiger partial charge in [0.15, 0.2) is 0 Å². The number of hydrogen-bond donors (Lipinski definition) is 1. The normalized spacial score (nSPS) is 18.7. The molecule has 0 amide bonds. The van der Waals surface area contributed by atoms with E-state index in [1.165, 1.54) is 10.5 Å². The molecule has 0 radical (unpaired) electrons. The van der Waals surface area contributed by atoms with Gasteiger partial charge in [-0.25, -0.2) is 8.42 Å². The van der Waals surface area contributed by atoms with Crippen molar-refractivity contribution in [2.45, 2.75) is 17.9 Å². The molecular weight excluding hydrogens is 308 g/mol. The highest BCUT2D eigenvalue weighted by Gasteiger charge is 2.32. The molecule has 2 aromatic carbocycles. The standard InChI is InChI=1S/C18H22N2O2S/c1-16(17-8-4-2-5-9-17)19-12-14-20(15-13-19)23(21,22)18-10-6-3-7-11-18/h2-11,16H,12-15H2,1H3/p+1/t16-/m0/s1. The molecule has 1 aliphatic heterocycles. The summed E-state index contributed by atoms with van der Waals surface area (Å²) in [6.07, 6.45) is 0. The molecule has 5 heteroatoms. The van der Waals surface area contributed by atoms with Crippen LogP contribution in [0.1, 0.15) is 18.5 Å². The van der Waals surface area contributed by atoms with Crippen LogP contribution < -0.4 is 4.90 Å². The second-order valence-electron chi connectivity index (χ2n) is 6.01. The minimum atomic E-state index is -3.36. The van der Waals surface area contributed by atoms with Gasteiger partial charge in [-0.05, 0) is 19.1 Å². The van der Waals surface area contributed by atoms with E-state index in [0.29, 0.717) is 24.0 Å². The lowest BCUT2D eigenvalue weighted by Crippen LogP contribution is -3.14. The van der Waals surface area contributed by atoms with Crippen molar-refractivity contribution in [3.05, 3.63) is 66.2 Å². The van der Waals surface area contributed by atoms with E-state index >= 15 is 0 Å². The molecule has 0 aliphatic carbocycles. The quantitative estimate of drug-likeness (QED) is 0.919. The summed E-state index contributed by atoms with van der Waals surface area (Å²) in [6.45, 7) is 5.03. The zero-order valence-corrected chi connectivity index (χ0v) is 14.2. The maximum absolute atomic E-state index is 12.7. The lowest BCUT2D eigenvalue weighted by atomic mass is 10.1.